The predicted molar refractivity (Wildman–Crippen MR) is 83.3 cm³/mol. The molecule has 2 fully saturated rings. The van der Waals surface area contributed by atoms with Crippen molar-refractivity contribution in [2.45, 2.75) is 25.8 Å². The van der Waals surface area contributed by atoms with Crippen LogP contribution in [-0.2, 0) is 14.3 Å². The summed E-state index contributed by atoms with van der Waals surface area (Å²) >= 11 is 0. The molecule has 1 aromatic rings. The van der Waals surface area contributed by atoms with E-state index in [0.717, 1.165) is 11.5 Å². The Balaban J connectivity index is 1.70. The van der Waals surface area contributed by atoms with Gasteiger partial charge < -0.3 is 19.4 Å². The van der Waals surface area contributed by atoms with E-state index < -0.39 is 6.09 Å². The van der Waals surface area contributed by atoms with E-state index in [4.69, 9.17) is 9.15 Å². The first-order valence-electron chi connectivity index (χ1n) is 7.97. The molecule has 0 radical (unpaired) electrons. The Morgan fingerprint density at radius 2 is 2.12 bits per heavy atom. The molecule has 1 N–H and O–H groups in total. The molecule has 130 valence electrons. The van der Waals surface area contributed by atoms with E-state index in [0.29, 0.717) is 26.2 Å². The number of furan rings is 1. The number of carbonyl (C=O) groups is 3. The van der Waals surface area contributed by atoms with Crippen LogP contribution in [0.1, 0.15) is 24.4 Å². The minimum absolute atomic E-state index is 0.00444. The van der Waals surface area contributed by atoms with Crippen molar-refractivity contribution in [2.75, 3.05) is 32.8 Å². The zero-order valence-corrected chi connectivity index (χ0v) is 13.8. The summed E-state index contributed by atoms with van der Waals surface area (Å²) in [5, 5.41) is 2.89. The first-order chi connectivity index (χ1) is 11.4. The summed E-state index contributed by atoms with van der Waals surface area (Å²) in [6.45, 7) is 4.88. The molecule has 24 heavy (non-hydrogen) atoms. The van der Waals surface area contributed by atoms with Crippen LogP contribution in [0.3, 0.4) is 0 Å². The van der Waals surface area contributed by atoms with Gasteiger partial charge in [0.1, 0.15) is 24.7 Å². The topological polar surface area (TPSA) is 92.1 Å². The van der Waals surface area contributed by atoms with Crippen molar-refractivity contribution >= 4 is 17.9 Å². The van der Waals surface area contributed by atoms with E-state index >= 15 is 0 Å². The average Bonchev–Trinajstić information content (AvgIpc) is 3.20. The minimum atomic E-state index is -0.459. The second kappa shape index (κ2) is 6.54. The third-order valence-corrected chi connectivity index (χ3v) is 4.36. The third-order valence-electron chi connectivity index (χ3n) is 4.36. The lowest BCUT2D eigenvalue weighted by Gasteiger charge is -2.19. The van der Waals surface area contributed by atoms with Gasteiger partial charge in [-0.3, -0.25) is 14.5 Å². The van der Waals surface area contributed by atoms with E-state index in [-0.39, 0.29) is 30.3 Å². The fourth-order valence-electron chi connectivity index (χ4n) is 3.19. The predicted octanol–water partition coefficient (Wildman–Crippen LogP) is 0.471. The standard InChI is InChI=1S/C16H21N3O5/c1-10-3-4-14(24-10)12-7-19(8-13(12)17-11(2)20)15(21)9-18-5-6-23-16(18)22/h3-4,12-13H,5-9H2,1-2H3,(H,17,20). The number of rotatable bonds is 4. The molecular formula is C16H21N3O5. The monoisotopic (exact) mass is 335 g/mol. The van der Waals surface area contributed by atoms with Gasteiger partial charge in [-0.05, 0) is 19.1 Å². The number of carbonyl (C=O) groups excluding carboxylic acids is 3. The first kappa shape index (κ1) is 16.4. The molecule has 8 nitrogen and oxygen atoms in total. The molecule has 0 bridgehead atoms. The lowest BCUT2D eigenvalue weighted by atomic mass is 10.0. The zero-order valence-electron chi connectivity index (χ0n) is 13.8. The molecular weight excluding hydrogens is 314 g/mol. The molecule has 2 aliphatic heterocycles. The van der Waals surface area contributed by atoms with Crippen molar-refractivity contribution in [1.29, 1.82) is 0 Å². The highest BCUT2D eigenvalue weighted by Crippen LogP contribution is 2.29. The molecule has 2 atom stereocenters. The van der Waals surface area contributed by atoms with Gasteiger partial charge in [-0.2, -0.15) is 0 Å². The molecule has 0 aromatic carbocycles. The van der Waals surface area contributed by atoms with Crippen LogP contribution in [0.4, 0.5) is 4.79 Å². The Labute approximate surface area is 139 Å². The van der Waals surface area contributed by atoms with Gasteiger partial charge in [0.15, 0.2) is 0 Å². The van der Waals surface area contributed by atoms with E-state index in [9.17, 15) is 14.4 Å². The van der Waals surface area contributed by atoms with Crippen molar-refractivity contribution < 1.29 is 23.5 Å². The molecule has 2 saturated heterocycles. The average molecular weight is 335 g/mol. The van der Waals surface area contributed by atoms with Crippen LogP contribution >= 0.6 is 0 Å². The Morgan fingerprint density at radius 3 is 2.71 bits per heavy atom. The number of aryl methyl sites for hydroxylation is 1. The van der Waals surface area contributed by atoms with Crippen molar-refractivity contribution in [1.82, 2.24) is 15.1 Å². The number of likely N-dealkylation sites (tertiary alicyclic amines) is 1. The third kappa shape index (κ3) is 3.37. The molecule has 3 amide bonds. The largest absolute Gasteiger partial charge is 0.466 e. The van der Waals surface area contributed by atoms with Crippen LogP contribution in [0.15, 0.2) is 16.5 Å². The van der Waals surface area contributed by atoms with Crippen molar-refractivity contribution in [3.8, 4) is 0 Å². The number of amides is 3. The van der Waals surface area contributed by atoms with E-state index in [1.165, 1.54) is 11.8 Å². The second-order valence-corrected chi connectivity index (χ2v) is 6.20. The zero-order chi connectivity index (χ0) is 17.3. The summed E-state index contributed by atoms with van der Waals surface area (Å²) in [5.41, 5.74) is 0. The number of ether oxygens (including phenoxy) is 1. The van der Waals surface area contributed by atoms with Gasteiger partial charge in [-0.15, -0.1) is 0 Å². The highest BCUT2D eigenvalue weighted by atomic mass is 16.6. The van der Waals surface area contributed by atoms with Gasteiger partial charge in [0.2, 0.25) is 11.8 Å². The van der Waals surface area contributed by atoms with Crippen molar-refractivity contribution in [3.05, 3.63) is 23.7 Å². The van der Waals surface area contributed by atoms with Gasteiger partial charge in [-0.1, -0.05) is 0 Å². The number of hydrogen-bond donors (Lipinski definition) is 1. The van der Waals surface area contributed by atoms with Crippen LogP contribution in [0.5, 0.6) is 0 Å². The van der Waals surface area contributed by atoms with E-state index in [1.54, 1.807) is 4.90 Å². The lowest BCUT2D eigenvalue weighted by molar-refractivity contribution is -0.131. The maximum Gasteiger partial charge on any atom is 0.410 e. The summed E-state index contributed by atoms with van der Waals surface area (Å²) in [7, 11) is 0. The van der Waals surface area contributed by atoms with Gasteiger partial charge >= 0.3 is 6.09 Å². The molecule has 1 aromatic heterocycles. The van der Waals surface area contributed by atoms with Crippen LogP contribution in [0.25, 0.3) is 0 Å². The number of cyclic esters (lactones) is 1. The molecule has 3 heterocycles. The smallest absolute Gasteiger partial charge is 0.410 e. The molecule has 3 rings (SSSR count). The van der Waals surface area contributed by atoms with Gasteiger partial charge in [0.25, 0.3) is 0 Å². The van der Waals surface area contributed by atoms with Gasteiger partial charge in [0.05, 0.1) is 18.5 Å². The Morgan fingerprint density at radius 1 is 1.33 bits per heavy atom. The maximum atomic E-state index is 12.5. The lowest BCUT2D eigenvalue weighted by Crippen LogP contribution is -2.42. The van der Waals surface area contributed by atoms with Crippen LogP contribution in [0, 0.1) is 6.92 Å². The normalized spacial score (nSPS) is 23.5. The number of nitrogens with one attached hydrogen (secondary N) is 1. The number of nitrogens with zero attached hydrogens (tertiary/aromatic N) is 2. The van der Waals surface area contributed by atoms with Crippen molar-refractivity contribution in [2.24, 2.45) is 0 Å². The highest BCUT2D eigenvalue weighted by molar-refractivity contribution is 5.83. The summed E-state index contributed by atoms with van der Waals surface area (Å²) in [6, 6.07) is 3.54. The second-order valence-electron chi connectivity index (χ2n) is 6.20. The maximum absolute atomic E-state index is 12.5. The highest BCUT2D eigenvalue weighted by Gasteiger charge is 2.39. The Hall–Kier alpha value is -2.51. The minimum Gasteiger partial charge on any atom is -0.466 e. The fourth-order valence-corrected chi connectivity index (χ4v) is 3.19. The van der Waals surface area contributed by atoms with E-state index in [2.05, 4.69) is 5.32 Å². The molecule has 8 heteroatoms. The SMILES string of the molecule is CC(=O)NC1CN(C(=O)CN2CCOC2=O)CC1c1ccc(C)o1. The summed E-state index contributed by atoms with van der Waals surface area (Å²) < 4.78 is 10.5. The summed E-state index contributed by atoms with van der Waals surface area (Å²) in [6.07, 6.45) is -0.459. The van der Waals surface area contributed by atoms with Crippen LogP contribution in [0.2, 0.25) is 0 Å². The summed E-state index contributed by atoms with van der Waals surface area (Å²) in [4.78, 5) is 38.5. The Bertz CT molecular complexity index is 656. The molecule has 0 spiro atoms. The first-order valence-corrected chi connectivity index (χ1v) is 7.97. The Kier molecular flexibility index (Phi) is 4.46. The van der Waals surface area contributed by atoms with Crippen LogP contribution in [-0.4, -0.2) is 66.5 Å². The molecule has 2 unspecified atom stereocenters. The van der Waals surface area contributed by atoms with Crippen LogP contribution < -0.4 is 5.32 Å². The van der Waals surface area contributed by atoms with E-state index in [1.807, 2.05) is 19.1 Å². The van der Waals surface area contributed by atoms with Gasteiger partial charge in [-0.25, -0.2) is 4.79 Å². The molecule has 0 aliphatic carbocycles. The quantitative estimate of drug-likeness (QED) is 0.863. The molecule has 0 saturated carbocycles. The van der Waals surface area contributed by atoms with Gasteiger partial charge in [0, 0.05) is 20.0 Å². The number of hydrogen-bond acceptors (Lipinski definition) is 5. The summed E-state index contributed by atoms with van der Waals surface area (Å²) in [5.74, 6) is 1.14. The van der Waals surface area contributed by atoms with Crippen molar-refractivity contribution in [3.63, 3.8) is 0 Å². The fraction of sp³-hybridized carbons (Fsp3) is 0.562. The molecule has 2 aliphatic rings.